The minimum atomic E-state index is -0.341. The second kappa shape index (κ2) is 5.32. The molecule has 3 nitrogen and oxygen atoms in total. The molecule has 3 heteroatoms. The van der Waals surface area contributed by atoms with Crippen LogP contribution in [0.4, 0.5) is 0 Å². The summed E-state index contributed by atoms with van der Waals surface area (Å²) >= 11 is 0. The molecule has 1 aliphatic heterocycles. The second-order valence-corrected chi connectivity index (χ2v) is 4.60. The molecule has 0 aliphatic carbocycles. The van der Waals surface area contributed by atoms with E-state index in [2.05, 4.69) is 0 Å². The van der Waals surface area contributed by atoms with Gasteiger partial charge in [0.05, 0.1) is 12.0 Å². The third-order valence-corrected chi connectivity index (χ3v) is 3.38. The summed E-state index contributed by atoms with van der Waals surface area (Å²) in [6.45, 7) is 3.20. The van der Waals surface area contributed by atoms with Crippen LogP contribution >= 0.6 is 0 Å². The molecule has 1 aromatic carbocycles. The molecule has 1 N–H and O–H groups in total. The zero-order chi connectivity index (χ0) is 12.3. The van der Waals surface area contributed by atoms with E-state index in [-0.39, 0.29) is 17.9 Å². The van der Waals surface area contributed by atoms with Gasteiger partial charge in [-0.2, -0.15) is 0 Å². The number of carbonyl (C=O) groups is 1. The van der Waals surface area contributed by atoms with Crippen molar-refractivity contribution in [2.45, 2.75) is 31.8 Å². The van der Waals surface area contributed by atoms with Crippen molar-refractivity contribution in [3.8, 4) is 0 Å². The third-order valence-electron chi connectivity index (χ3n) is 3.38. The van der Waals surface area contributed by atoms with Crippen LogP contribution in [0.5, 0.6) is 0 Å². The molecule has 1 aliphatic rings. The van der Waals surface area contributed by atoms with Crippen LogP contribution in [0, 0.1) is 0 Å². The quantitative estimate of drug-likeness (QED) is 0.864. The summed E-state index contributed by atoms with van der Waals surface area (Å²) in [5, 5.41) is 9.48. The van der Waals surface area contributed by atoms with Crippen LogP contribution in [0.3, 0.4) is 0 Å². The van der Waals surface area contributed by atoms with Crippen LogP contribution < -0.4 is 0 Å². The molecule has 1 heterocycles. The number of nitrogens with zero attached hydrogens (tertiary/aromatic N) is 1. The smallest absolute Gasteiger partial charge is 0.230 e. The molecule has 0 aromatic heterocycles. The van der Waals surface area contributed by atoms with Gasteiger partial charge in [0.2, 0.25) is 5.91 Å². The molecule has 1 fully saturated rings. The summed E-state index contributed by atoms with van der Waals surface area (Å²) in [7, 11) is 0. The number of carbonyl (C=O) groups excluding carboxylic acids is 1. The van der Waals surface area contributed by atoms with Gasteiger partial charge in [0.1, 0.15) is 0 Å². The minimum Gasteiger partial charge on any atom is -0.391 e. The molecule has 17 heavy (non-hydrogen) atoms. The fourth-order valence-corrected chi connectivity index (χ4v) is 2.40. The predicted molar refractivity (Wildman–Crippen MR) is 66.7 cm³/mol. The van der Waals surface area contributed by atoms with E-state index < -0.39 is 0 Å². The number of aliphatic hydroxyl groups is 1. The summed E-state index contributed by atoms with van der Waals surface area (Å²) in [5.41, 5.74) is 1.07. The van der Waals surface area contributed by atoms with Crippen LogP contribution in [0.25, 0.3) is 0 Å². The van der Waals surface area contributed by atoms with E-state index in [1.807, 2.05) is 37.3 Å². The van der Waals surface area contributed by atoms with E-state index in [1.165, 1.54) is 0 Å². The lowest BCUT2D eigenvalue weighted by molar-refractivity contribution is -0.132. The Bertz CT molecular complexity index is 377. The van der Waals surface area contributed by atoms with Crippen LogP contribution in [0.1, 0.15) is 31.2 Å². The summed E-state index contributed by atoms with van der Waals surface area (Å²) in [6, 6.07) is 9.88. The average molecular weight is 233 g/mol. The predicted octanol–water partition coefficient (Wildman–Crippen LogP) is 1.77. The number of hydrogen-bond donors (Lipinski definition) is 1. The molecule has 0 saturated carbocycles. The van der Waals surface area contributed by atoms with Gasteiger partial charge >= 0.3 is 0 Å². The molecule has 1 unspecified atom stereocenters. The van der Waals surface area contributed by atoms with Gasteiger partial charge in [-0.15, -0.1) is 0 Å². The number of β-amino-alcohol motifs (C(OH)–C–C–N with tert-alkyl or cyclic N) is 1. The molecule has 0 bridgehead atoms. The molecular formula is C14H19NO2. The average Bonchev–Trinajstić information content (AvgIpc) is 2.78. The largest absolute Gasteiger partial charge is 0.391 e. The lowest BCUT2D eigenvalue weighted by atomic mass is 9.95. The van der Waals surface area contributed by atoms with Gasteiger partial charge in [0, 0.05) is 13.1 Å². The molecule has 1 amide bonds. The van der Waals surface area contributed by atoms with Crippen molar-refractivity contribution in [1.82, 2.24) is 4.90 Å². The topological polar surface area (TPSA) is 40.5 Å². The number of aliphatic hydroxyl groups excluding tert-OH is 1. The second-order valence-electron chi connectivity index (χ2n) is 4.60. The van der Waals surface area contributed by atoms with E-state index in [1.54, 1.807) is 4.90 Å². The highest BCUT2D eigenvalue weighted by atomic mass is 16.3. The van der Waals surface area contributed by atoms with Crippen molar-refractivity contribution in [1.29, 1.82) is 0 Å². The standard InChI is InChI=1S/C14H19NO2/c1-2-13(11-6-4-3-5-7-11)14(17)15-9-8-12(16)10-15/h3-7,12-13,16H,2,8-10H2,1H3/t12-,13?/m1/s1. The van der Waals surface area contributed by atoms with Gasteiger partial charge in [0.25, 0.3) is 0 Å². The number of benzene rings is 1. The Balaban J connectivity index is 2.11. The fourth-order valence-electron chi connectivity index (χ4n) is 2.40. The van der Waals surface area contributed by atoms with E-state index in [0.29, 0.717) is 19.5 Å². The van der Waals surface area contributed by atoms with Gasteiger partial charge in [-0.3, -0.25) is 4.79 Å². The Morgan fingerprint density at radius 3 is 2.71 bits per heavy atom. The Morgan fingerprint density at radius 2 is 2.18 bits per heavy atom. The zero-order valence-corrected chi connectivity index (χ0v) is 10.2. The first-order chi connectivity index (χ1) is 8.22. The lowest BCUT2D eigenvalue weighted by Crippen LogP contribution is -2.33. The summed E-state index contributed by atoms with van der Waals surface area (Å²) in [6.07, 6.45) is 1.17. The number of amides is 1. The highest BCUT2D eigenvalue weighted by Gasteiger charge is 2.29. The normalized spacial score (nSPS) is 21.5. The van der Waals surface area contributed by atoms with E-state index in [9.17, 15) is 9.90 Å². The molecular weight excluding hydrogens is 214 g/mol. The van der Waals surface area contributed by atoms with E-state index >= 15 is 0 Å². The number of likely N-dealkylation sites (tertiary alicyclic amines) is 1. The number of rotatable bonds is 3. The van der Waals surface area contributed by atoms with Gasteiger partial charge in [-0.25, -0.2) is 0 Å². The molecule has 0 spiro atoms. The van der Waals surface area contributed by atoms with Gasteiger partial charge in [-0.1, -0.05) is 37.3 Å². The van der Waals surface area contributed by atoms with Crippen LogP contribution in [-0.4, -0.2) is 35.1 Å². The first-order valence-electron chi connectivity index (χ1n) is 6.24. The SMILES string of the molecule is CCC(C(=O)N1CC[C@@H](O)C1)c1ccccc1. The number of hydrogen-bond acceptors (Lipinski definition) is 2. The lowest BCUT2D eigenvalue weighted by Gasteiger charge is -2.22. The first kappa shape index (κ1) is 12.1. The third kappa shape index (κ3) is 2.67. The Morgan fingerprint density at radius 1 is 1.47 bits per heavy atom. The molecule has 92 valence electrons. The molecule has 2 atom stereocenters. The fraction of sp³-hybridized carbons (Fsp3) is 0.500. The van der Waals surface area contributed by atoms with Gasteiger partial charge in [0.15, 0.2) is 0 Å². The van der Waals surface area contributed by atoms with Crippen molar-refractivity contribution < 1.29 is 9.90 Å². The van der Waals surface area contributed by atoms with E-state index in [0.717, 1.165) is 12.0 Å². The zero-order valence-electron chi connectivity index (χ0n) is 10.2. The minimum absolute atomic E-state index is 0.0681. The maximum atomic E-state index is 12.3. The van der Waals surface area contributed by atoms with Gasteiger partial charge in [-0.05, 0) is 18.4 Å². The summed E-state index contributed by atoms with van der Waals surface area (Å²) in [5.74, 6) is 0.0803. The van der Waals surface area contributed by atoms with Crippen molar-refractivity contribution in [3.63, 3.8) is 0 Å². The monoisotopic (exact) mass is 233 g/mol. The molecule has 1 saturated heterocycles. The van der Waals surface area contributed by atoms with Crippen LogP contribution in [0.2, 0.25) is 0 Å². The maximum Gasteiger partial charge on any atom is 0.230 e. The van der Waals surface area contributed by atoms with Crippen molar-refractivity contribution in [2.24, 2.45) is 0 Å². The Hall–Kier alpha value is -1.35. The van der Waals surface area contributed by atoms with Crippen molar-refractivity contribution in [3.05, 3.63) is 35.9 Å². The Kier molecular flexibility index (Phi) is 3.79. The van der Waals surface area contributed by atoms with E-state index in [4.69, 9.17) is 0 Å². The highest BCUT2D eigenvalue weighted by Crippen LogP contribution is 2.24. The van der Waals surface area contributed by atoms with Gasteiger partial charge < -0.3 is 10.0 Å². The maximum absolute atomic E-state index is 12.3. The van der Waals surface area contributed by atoms with Crippen LogP contribution in [-0.2, 0) is 4.79 Å². The molecule has 1 aromatic rings. The molecule has 0 radical (unpaired) electrons. The Labute approximate surface area is 102 Å². The molecule has 2 rings (SSSR count). The van der Waals surface area contributed by atoms with Crippen molar-refractivity contribution >= 4 is 5.91 Å². The summed E-state index contributed by atoms with van der Waals surface area (Å²) < 4.78 is 0. The van der Waals surface area contributed by atoms with Crippen molar-refractivity contribution in [2.75, 3.05) is 13.1 Å². The first-order valence-corrected chi connectivity index (χ1v) is 6.24. The van der Waals surface area contributed by atoms with Crippen LogP contribution in [0.15, 0.2) is 30.3 Å². The highest BCUT2D eigenvalue weighted by molar-refractivity contribution is 5.84. The summed E-state index contributed by atoms with van der Waals surface area (Å²) in [4.78, 5) is 14.1.